The van der Waals surface area contributed by atoms with Gasteiger partial charge < -0.3 is 15.2 Å². The van der Waals surface area contributed by atoms with E-state index in [0.717, 1.165) is 16.7 Å². The summed E-state index contributed by atoms with van der Waals surface area (Å²) in [4.78, 5) is 23.4. The first-order chi connectivity index (χ1) is 17.2. The number of carbonyl (C=O) groups is 2. The molecule has 3 rings (SSSR count). The van der Waals surface area contributed by atoms with Gasteiger partial charge in [-0.15, -0.1) is 0 Å². The van der Waals surface area contributed by atoms with Crippen molar-refractivity contribution in [3.63, 3.8) is 0 Å². The highest BCUT2D eigenvalue weighted by Crippen LogP contribution is 2.23. The summed E-state index contributed by atoms with van der Waals surface area (Å²) < 4.78 is 32.8. The minimum absolute atomic E-state index is 0.0331. The van der Waals surface area contributed by atoms with E-state index < -0.39 is 28.1 Å². The van der Waals surface area contributed by atoms with Gasteiger partial charge in [0.2, 0.25) is 10.0 Å². The van der Waals surface area contributed by atoms with Gasteiger partial charge in [0.25, 0.3) is 0 Å². The van der Waals surface area contributed by atoms with E-state index in [-0.39, 0.29) is 24.5 Å². The van der Waals surface area contributed by atoms with Crippen LogP contribution in [0.2, 0.25) is 5.02 Å². The number of carboxylic acid groups (broad SMARTS) is 1. The third-order valence-corrected chi connectivity index (χ3v) is 7.08. The van der Waals surface area contributed by atoms with Crippen molar-refractivity contribution in [3.8, 4) is 11.1 Å². The lowest BCUT2D eigenvalue weighted by molar-refractivity contribution is -0.139. The summed E-state index contributed by atoms with van der Waals surface area (Å²) >= 11 is 5.90. The third kappa shape index (κ3) is 8.37. The fourth-order valence-electron chi connectivity index (χ4n) is 3.40. The molecule has 0 bridgehead atoms. The standard InChI is InChI=1S/C26H27ClN2O6S/c27-22-13-9-20(10-14-22)21-11-15-23(16-12-21)36(33,34)29-24(25(30)31)8-4-5-17-28-26(32)35-18-19-6-2-1-3-7-19/h1-3,6-7,9-16,24,29H,4-5,8,17-18H2,(H,28,32)(H,30,31). The van der Waals surface area contributed by atoms with E-state index in [1.165, 1.54) is 12.1 Å². The normalized spacial score (nSPS) is 12.0. The van der Waals surface area contributed by atoms with E-state index in [0.29, 0.717) is 17.9 Å². The van der Waals surface area contributed by atoms with Crippen molar-refractivity contribution in [3.05, 3.63) is 89.4 Å². The van der Waals surface area contributed by atoms with Gasteiger partial charge in [-0.05, 0) is 60.2 Å². The van der Waals surface area contributed by atoms with Gasteiger partial charge in [0.05, 0.1) is 4.90 Å². The van der Waals surface area contributed by atoms with Crippen molar-refractivity contribution in [2.75, 3.05) is 6.54 Å². The number of sulfonamides is 1. The Morgan fingerprint density at radius 1 is 0.889 bits per heavy atom. The van der Waals surface area contributed by atoms with Crippen LogP contribution in [0.3, 0.4) is 0 Å². The smallest absolute Gasteiger partial charge is 0.407 e. The van der Waals surface area contributed by atoms with Gasteiger partial charge in [-0.1, -0.05) is 66.2 Å². The van der Waals surface area contributed by atoms with Crippen LogP contribution in [0, 0.1) is 0 Å². The molecule has 0 heterocycles. The molecule has 0 saturated carbocycles. The maximum absolute atomic E-state index is 12.7. The second kappa shape index (κ2) is 13.1. The van der Waals surface area contributed by atoms with Crippen LogP contribution in [0.25, 0.3) is 11.1 Å². The Bertz CT molecular complexity index is 1250. The van der Waals surface area contributed by atoms with Gasteiger partial charge >= 0.3 is 12.1 Å². The first-order valence-electron chi connectivity index (χ1n) is 11.3. The van der Waals surface area contributed by atoms with Gasteiger partial charge in [0.15, 0.2) is 0 Å². The average Bonchev–Trinajstić information content (AvgIpc) is 2.87. The van der Waals surface area contributed by atoms with Crippen LogP contribution >= 0.6 is 11.6 Å². The van der Waals surface area contributed by atoms with Crippen molar-refractivity contribution in [1.29, 1.82) is 0 Å². The summed E-state index contributed by atoms with van der Waals surface area (Å²) in [7, 11) is -4.04. The van der Waals surface area contributed by atoms with Gasteiger partial charge in [0.1, 0.15) is 12.6 Å². The molecule has 36 heavy (non-hydrogen) atoms. The number of carbonyl (C=O) groups excluding carboxylic acids is 1. The van der Waals surface area contributed by atoms with Crippen molar-refractivity contribution in [1.82, 2.24) is 10.0 Å². The van der Waals surface area contributed by atoms with Crippen LogP contribution in [0.15, 0.2) is 83.8 Å². The van der Waals surface area contributed by atoms with Crippen LogP contribution in [-0.4, -0.2) is 38.2 Å². The number of amides is 1. The number of halogens is 1. The van der Waals surface area contributed by atoms with E-state index >= 15 is 0 Å². The highest BCUT2D eigenvalue weighted by atomic mass is 35.5. The summed E-state index contributed by atoms with van der Waals surface area (Å²) in [6.45, 7) is 0.426. The van der Waals surface area contributed by atoms with Crippen molar-refractivity contribution in [2.24, 2.45) is 0 Å². The highest BCUT2D eigenvalue weighted by Gasteiger charge is 2.25. The maximum atomic E-state index is 12.7. The number of rotatable bonds is 12. The van der Waals surface area contributed by atoms with Crippen LogP contribution in [-0.2, 0) is 26.2 Å². The Labute approximate surface area is 215 Å². The van der Waals surface area contributed by atoms with Gasteiger partial charge in [0, 0.05) is 11.6 Å². The molecule has 3 aromatic carbocycles. The predicted octanol–water partition coefficient (Wildman–Crippen LogP) is 4.84. The van der Waals surface area contributed by atoms with E-state index in [1.807, 2.05) is 42.5 Å². The SMILES string of the molecule is O=C(NCCCCC(NS(=O)(=O)c1ccc(-c2ccc(Cl)cc2)cc1)C(=O)O)OCc1ccccc1. The summed E-state index contributed by atoms with van der Waals surface area (Å²) in [6.07, 6.45) is 0.338. The minimum Gasteiger partial charge on any atom is -0.480 e. The number of nitrogens with one attached hydrogen (secondary N) is 2. The monoisotopic (exact) mass is 530 g/mol. The van der Waals surface area contributed by atoms with Gasteiger partial charge in [-0.2, -0.15) is 4.72 Å². The highest BCUT2D eigenvalue weighted by molar-refractivity contribution is 7.89. The number of hydrogen-bond acceptors (Lipinski definition) is 5. The van der Waals surface area contributed by atoms with Crippen LogP contribution in [0.5, 0.6) is 0 Å². The van der Waals surface area contributed by atoms with Crippen molar-refractivity contribution >= 4 is 33.7 Å². The molecular formula is C26H27ClN2O6S. The van der Waals surface area contributed by atoms with Crippen LogP contribution in [0.4, 0.5) is 4.79 Å². The molecule has 1 amide bonds. The zero-order chi connectivity index (χ0) is 26.0. The Balaban J connectivity index is 1.45. The Hall–Kier alpha value is -3.40. The maximum Gasteiger partial charge on any atom is 0.407 e. The van der Waals surface area contributed by atoms with E-state index in [9.17, 15) is 23.1 Å². The number of ether oxygens (including phenoxy) is 1. The molecular weight excluding hydrogens is 504 g/mol. The molecule has 0 aliphatic rings. The zero-order valence-corrected chi connectivity index (χ0v) is 21.0. The number of carboxylic acids is 1. The summed E-state index contributed by atoms with van der Waals surface area (Å²) in [5, 5.41) is 12.7. The lowest BCUT2D eigenvalue weighted by atomic mass is 10.1. The van der Waals surface area contributed by atoms with E-state index in [1.54, 1.807) is 24.3 Å². The topological polar surface area (TPSA) is 122 Å². The molecule has 1 atom stereocenters. The molecule has 3 aromatic rings. The Morgan fingerprint density at radius 2 is 1.50 bits per heavy atom. The Morgan fingerprint density at radius 3 is 2.11 bits per heavy atom. The molecule has 0 aliphatic heterocycles. The Kier molecular flexibility index (Phi) is 9.86. The molecule has 3 N–H and O–H groups in total. The molecule has 0 spiro atoms. The minimum atomic E-state index is -4.04. The average molecular weight is 531 g/mol. The molecule has 0 radical (unpaired) electrons. The summed E-state index contributed by atoms with van der Waals surface area (Å²) in [6, 6.07) is 21.2. The number of aliphatic carboxylic acids is 1. The molecule has 1 unspecified atom stereocenters. The lowest BCUT2D eigenvalue weighted by Crippen LogP contribution is -2.40. The second-order valence-corrected chi connectivity index (χ2v) is 10.2. The summed E-state index contributed by atoms with van der Waals surface area (Å²) in [5.74, 6) is -1.27. The number of benzene rings is 3. The number of alkyl carbamates (subject to hydrolysis) is 1. The van der Waals surface area contributed by atoms with E-state index in [4.69, 9.17) is 16.3 Å². The molecule has 0 saturated heterocycles. The summed E-state index contributed by atoms with van der Waals surface area (Å²) in [5.41, 5.74) is 2.54. The van der Waals surface area contributed by atoms with Crippen LogP contribution in [0.1, 0.15) is 24.8 Å². The molecule has 0 aromatic heterocycles. The lowest BCUT2D eigenvalue weighted by Gasteiger charge is -2.15. The largest absolute Gasteiger partial charge is 0.480 e. The molecule has 0 fully saturated rings. The van der Waals surface area contributed by atoms with Crippen molar-refractivity contribution in [2.45, 2.75) is 36.8 Å². The first kappa shape index (κ1) is 27.2. The fraction of sp³-hybridized carbons (Fsp3) is 0.231. The van der Waals surface area contributed by atoms with E-state index in [2.05, 4.69) is 10.0 Å². The molecule has 10 heteroatoms. The molecule has 190 valence electrons. The third-order valence-electron chi connectivity index (χ3n) is 5.34. The molecule has 8 nitrogen and oxygen atoms in total. The number of unbranched alkanes of at least 4 members (excludes halogenated alkanes) is 1. The van der Waals surface area contributed by atoms with Crippen LogP contribution < -0.4 is 10.0 Å². The fourth-order valence-corrected chi connectivity index (χ4v) is 4.74. The first-order valence-corrected chi connectivity index (χ1v) is 13.2. The van der Waals surface area contributed by atoms with Crippen molar-refractivity contribution < 1.29 is 27.9 Å². The second-order valence-electron chi connectivity index (χ2n) is 8.03. The number of hydrogen-bond donors (Lipinski definition) is 3. The van der Waals surface area contributed by atoms with Gasteiger partial charge in [-0.3, -0.25) is 4.79 Å². The van der Waals surface area contributed by atoms with Gasteiger partial charge in [-0.25, -0.2) is 13.2 Å². The molecule has 0 aliphatic carbocycles. The predicted molar refractivity (Wildman–Crippen MR) is 137 cm³/mol. The quantitative estimate of drug-likeness (QED) is 0.288. The zero-order valence-electron chi connectivity index (χ0n) is 19.4.